The number of hydrogen-bond acceptors (Lipinski definition) is 6. The fraction of sp³-hybridized carbons (Fsp3) is 0.538. The van der Waals surface area contributed by atoms with Crippen molar-refractivity contribution < 1.29 is 19.8 Å². The van der Waals surface area contributed by atoms with Gasteiger partial charge in [-0.15, -0.1) is 5.10 Å². The van der Waals surface area contributed by atoms with Crippen molar-refractivity contribution in [1.29, 1.82) is 0 Å². The Kier molecular flexibility index (Phi) is 7.66. The SMILES string of the molecule is C[C@@H](/C=C/CCn1cc(CCO)nn1)[C@]1(O)C(=O)N(C)c2ccc(N3CCCCCCC3=O)cc21. The molecule has 9 heteroatoms. The van der Waals surface area contributed by atoms with Crippen LogP contribution >= 0.6 is 0 Å². The van der Waals surface area contributed by atoms with Gasteiger partial charge >= 0.3 is 0 Å². The second-order valence-corrected chi connectivity index (χ2v) is 9.49. The molecule has 0 saturated carbocycles. The van der Waals surface area contributed by atoms with Gasteiger partial charge < -0.3 is 20.0 Å². The minimum absolute atomic E-state index is 0.0340. The highest BCUT2D eigenvalue weighted by Gasteiger charge is 2.51. The van der Waals surface area contributed by atoms with E-state index in [1.165, 1.54) is 4.90 Å². The number of amides is 2. The number of carbonyl (C=O) groups excluding carboxylic acids is 2. The quantitative estimate of drug-likeness (QED) is 0.561. The number of aliphatic hydroxyl groups is 2. The number of carbonyl (C=O) groups is 2. The Morgan fingerprint density at radius 3 is 2.80 bits per heavy atom. The third-order valence-corrected chi connectivity index (χ3v) is 7.08. The van der Waals surface area contributed by atoms with E-state index >= 15 is 0 Å². The van der Waals surface area contributed by atoms with Crippen LogP contribution in [0.3, 0.4) is 0 Å². The van der Waals surface area contributed by atoms with E-state index in [2.05, 4.69) is 10.3 Å². The maximum absolute atomic E-state index is 13.2. The highest BCUT2D eigenvalue weighted by Crippen LogP contribution is 2.46. The predicted octanol–water partition coefficient (Wildman–Crippen LogP) is 2.56. The summed E-state index contributed by atoms with van der Waals surface area (Å²) in [5.74, 6) is -0.752. The molecule has 0 spiro atoms. The van der Waals surface area contributed by atoms with Crippen LogP contribution in [0.2, 0.25) is 0 Å². The maximum Gasteiger partial charge on any atom is 0.264 e. The van der Waals surface area contributed by atoms with Crippen LogP contribution in [0.1, 0.15) is 56.7 Å². The largest absolute Gasteiger partial charge is 0.396 e. The molecule has 1 aromatic carbocycles. The number of aromatic nitrogens is 3. The first-order chi connectivity index (χ1) is 16.9. The number of rotatable bonds is 8. The summed E-state index contributed by atoms with van der Waals surface area (Å²) in [5.41, 5.74) is 0.978. The Morgan fingerprint density at radius 1 is 1.20 bits per heavy atom. The van der Waals surface area contributed by atoms with E-state index in [-0.39, 0.29) is 18.4 Å². The number of aliphatic hydroxyl groups excluding tert-OH is 1. The molecule has 2 aliphatic rings. The molecule has 2 amide bonds. The molecular weight excluding hydrogens is 446 g/mol. The van der Waals surface area contributed by atoms with Crippen LogP contribution in [-0.2, 0) is 28.2 Å². The third kappa shape index (κ3) is 5.01. The Bertz CT molecular complexity index is 1100. The van der Waals surface area contributed by atoms with Crippen molar-refractivity contribution in [2.45, 2.75) is 64.0 Å². The predicted molar refractivity (Wildman–Crippen MR) is 133 cm³/mol. The first-order valence-corrected chi connectivity index (χ1v) is 12.5. The lowest BCUT2D eigenvalue weighted by molar-refractivity contribution is -0.139. The molecule has 3 heterocycles. The summed E-state index contributed by atoms with van der Waals surface area (Å²) in [6.07, 6.45) is 11.3. The van der Waals surface area contributed by atoms with Gasteiger partial charge in [0, 0.05) is 63.0 Å². The molecule has 35 heavy (non-hydrogen) atoms. The van der Waals surface area contributed by atoms with Crippen molar-refractivity contribution in [3.63, 3.8) is 0 Å². The van der Waals surface area contributed by atoms with Gasteiger partial charge in [0.05, 0.1) is 11.4 Å². The molecule has 4 rings (SSSR count). The average molecular weight is 482 g/mol. The smallest absolute Gasteiger partial charge is 0.264 e. The second kappa shape index (κ2) is 10.7. The number of likely N-dealkylation sites (N-methyl/N-ethyl adjacent to an activating group) is 1. The van der Waals surface area contributed by atoms with Gasteiger partial charge in [-0.2, -0.15) is 0 Å². The summed E-state index contributed by atoms with van der Waals surface area (Å²) in [4.78, 5) is 29.3. The van der Waals surface area contributed by atoms with Gasteiger partial charge in [0.1, 0.15) is 0 Å². The average Bonchev–Trinajstić information content (AvgIpc) is 3.36. The van der Waals surface area contributed by atoms with Gasteiger partial charge in [-0.05, 0) is 37.5 Å². The topological polar surface area (TPSA) is 112 Å². The van der Waals surface area contributed by atoms with Gasteiger partial charge in [0.15, 0.2) is 5.60 Å². The molecule has 0 unspecified atom stereocenters. The molecule has 0 bridgehead atoms. The highest BCUT2D eigenvalue weighted by atomic mass is 16.3. The highest BCUT2D eigenvalue weighted by molar-refractivity contribution is 6.07. The third-order valence-electron chi connectivity index (χ3n) is 7.08. The number of fused-ring (bicyclic) bond motifs is 1. The fourth-order valence-corrected chi connectivity index (χ4v) is 4.97. The summed E-state index contributed by atoms with van der Waals surface area (Å²) in [6.45, 7) is 3.12. The van der Waals surface area contributed by atoms with Gasteiger partial charge in [-0.25, -0.2) is 0 Å². The van der Waals surface area contributed by atoms with E-state index in [1.807, 2.05) is 37.3 Å². The molecule has 0 aliphatic carbocycles. The van der Waals surface area contributed by atoms with E-state index in [1.54, 1.807) is 22.8 Å². The van der Waals surface area contributed by atoms with Crippen molar-refractivity contribution >= 4 is 23.2 Å². The molecule has 188 valence electrons. The number of anilines is 2. The van der Waals surface area contributed by atoms with Crippen molar-refractivity contribution in [1.82, 2.24) is 15.0 Å². The van der Waals surface area contributed by atoms with Crippen LogP contribution in [0.4, 0.5) is 11.4 Å². The van der Waals surface area contributed by atoms with Crippen LogP contribution in [0.25, 0.3) is 0 Å². The zero-order valence-corrected chi connectivity index (χ0v) is 20.6. The molecule has 1 aromatic heterocycles. The van der Waals surface area contributed by atoms with Crippen molar-refractivity contribution in [2.24, 2.45) is 5.92 Å². The first kappa shape index (κ1) is 25.1. The van der Waals surface area contributed by atoms with Crippen molar-refractivity contribution in [2.75, 3.05) is 30.0 Å². The molecule has 9 nitrogen and oxygen atoms in total. The Morgan fingerprint density at radius 2 is 2.00 bits per heavy atom. The number of benzene rings is 1. The normalized spacial score (nSPS) is 21.9. The van der Waals surface area contributed by atoms with E-state index in [0.29, 0.717) is 43.6 Å². The Labute approximate surface area is 206 Å². The van der Waals surface area contributed by atoms with Crippen LogP contribution in [0.15, 0.2) is 36.5 Å². The summed E-state index contributed by atoms with van der Waals surface area (Å²) in [6, 6.07) is 5.52. The summed E-state index contributed by atoms with van der Waals surface area (Å²) >= 11 is 0. The molecule has 2 aliphatic heterocycles. The lowest BCUT2D eigenvalue weighted by Crippen LogP contribution is -2.43. The van der Waals surface area contributed by atoms with Crippen LogP contribution in [0.5, 0.6) is 0 Å². The van der Waals surface area contributed by atoms with Gasteiger partial charge in [-0.1, -0.05) is 37.1 Å². The molecule has 2 aromatic rings. The van der Waals surface area contributed by atoms with E-state index in [9.17, 15) is 14.7 Å². The van der Waals surface area contributed by atoms with Gasteiger partial charge in [-0.3, -0.25) is 14.3 Å². The lowest BCUT2D eigenvalue weighted by atomic mass is 9.82. The van der Waals surface area contributed by atoms with Crippen LogP contribution in [-0.4, -0.2) is 57.2 Å². The van der Waals surface area contributed by atoms with Crippen molar-refractivity contribution in [3.05, 3.63) is 47.8 Å². The van der Waals surface area contributed by atoms with Gasteiger partial charge in [0.25, 0.3) is 5.91 Å². The summed E-state index contributed by atoms with van der Waals surface area (Å²) in [5, 5.41) is 28.8. The standard InChI is InChI=1S/C26H35N5O4/c1-19(9-6-8-14-30-18-20(13-16-32)27-28-30)26(35)22-17-21(11-12-23(22)29(2)25(26)34)31-15-7-4-3-5-10-24(31)33/h6,9,11-12,17-19,32,35H,3-5,7-8,10,13-16H2,1-2H3/b9-6+/t19-,26+/m0/s1. The number of hydrogen-bond donors (Lipinski definition) is 2. The van der Waals surface area contributed by atoms with E-state index in [0.717, 1.165) is 37.1 Å². The monoisotopic (exact) mass is 481 g/mol. The number of nitrogens with zero attached hydrogens (tertiary/aromatic N) is 5. The lowest BCUT2D eigenvalue weighted by Gasteiger charge is -2.29. The minimum Gasteiger partial charge on any atom is -0.396 e. The van der Waals surface area contributed by atoms with E-state index in [4.69, 9.17) is 5.11 Å². The molecule has 1 fully saturated rings. The summed E-state index contributed by atoms with van der Waals surface area (Å²) in [7, 11) is 1.67. The van der Waals surface area contributed by atoms with Crippen LogP contribution in [0, 0.1) is 5.92 Å². The minimum atomic E-state index is -1.70. The Hall–Kier alpha value is -3.04. The molecule has 2 N–H and O–H groups in total. The molecule has 2 atom stereocenters. The Balaban J connectivity index is 1.52. The molecular formula is C26H35N5O4. The van der Waals surface area contributed by atoms with Gasteiger partial charge in [0.2, 0.25) is 5.91 Å². The maximum atomic E-state index is 13.2. The van der Waals surface area contributed by atoms with E-state index < -0.39 is 11.5 Å². The molecule has 0 radical (unpaired) electrons. The first-order valence-electron chi connectivity index (χ1n) is 12.5. The van der Waals surface area contributed by atoms with Crippen LogP contribution < -0.4 is 9.80 Å². The molecule has 1 saturated heterocycles. The van der Waals surface area contributed by atoms with Crippen molar-refractivity contribution in [3.8, 4) is 0 Å². The number of allylic oxidation sites excluding steroid dienone is 1. The zero-order chi connectivity index (χ0) is 25.0. The summed E-state index contributed by atoms with van der Waals surface area (Å²) < 4.78 is 1.71. The number of aryl methyl sites for hydroxylation is 1. The second-order valence-electron chi connectivity index (χ2n) is 9.49. The fourth-order valence-electron chi connectivity index (χ4n) is 4.97. The zero-order valence-electron chi connectivity index (χ0n) is 20.6.